The quantitative estimate of drug-likeness (QED) is 0.141. The van der Waals surface area contributed by atoms with Crippen LogP contribution in [0.5, 0.6) is 11.5 Å². The molecule has 0 atom stereocenters. The number of rotatable bonds is 8. The number of nitrogens with zero attached hydrogens (tertiary/aromatic N) is 1. The third kappa shape index (κ3) is 7.10. The molecule has 1 spiro atoms. The van der Waals surface area contributed by atoms with Gasteiger partial charge in [0.1, 0.15) is 11.5 Å². The molecular formula is C75H49NO. The Morgan fingerprint density at radius 3 is 1.44 bits per heavy atom. The van der Waals surface area contributed by atoms with Gasteiger partial charge in [-0.3, -0.25) is 0 Å². The minimum atomic E-state index is -0.544. The molecule has 2 heteroatoms. The fourth-order valence-corrected chi connectivity index (χ4v) is 12.8. The van der Waals surface area contributed by atoms with Crippen LogP contribution in [0.3, 0.4) is 0 Å². The van der Waals surface area contributed by atoms with E-state index in [2.05, 4.69) is 302 Å². The van der Waals surface area contributed by atoms with Crippen molar-refractivity contribution in [2.24, 2.45) is 0 Å². The largest absolute Gasteiger partial charge is 0.457 e. The highest BCUT2D eigenvalue weighted by atomic mass is 16.5. The van der Waals surface area contributed by atoms with E-state index >= 15 is 0 Å². The molecule has 13 aromatic rings. The summed E-state index contributed by atoms with van der Waals surface area (Å²) in [5.74, 6) is 1.79. The van der Waals surface area contributed by atoms with E-state index < -0.39 is 5.41 Å². The smallest absolute Gasteiger partial charge is 0.132 e. The zero-order valence-corrected chi connectivity index (χ0v) is 42.1. The number of hydrogen-bond donors (Lipinski definition) is 0. The van der Waals surface area contributed by atoms with Crippen LogP contribution in [-0.4, -0.2) is 0 Å². The van der Waals surface area contributed by atoms with Gasteiger partial charge in [-0.1, -0.05) is 249 Å². The van der Waals surface area contributed by atoms with Gasteiger partial charge in [0.25, 0.3) is 0 Å². The molecule has 0 fully saturated rings. The van der Waals surface area contributed by atoms with Gasteiger partial charge >= 0.3 is 0 Å². The summed E-state index contributed by atoms with van der Waals surface area (Å²) in [7, 11) is 0. The van der Waals surface area contributed by atoms with Crippen LogP contribution in [0.25, 0.3) is 88.3 Å². The molecule has 0 bridgehead atoms. The minimum Gasteiger partial charge on any atom is -0.457 e. The average molecular weight is 980 g/mol. The molecule has 2 nitrogen and oxygen atoms in total. The van der Waals surface area contributed by atoms with Crippen LogP contribution in [0.4, 0.5) is 17.1 Å². The second-order valence-electron chi connectivity index (χ2n) is 20.2. The predicted octanol–water partition coefficient (Wildman–Crippen LogP) is 20.3. The first-order chi connectivity index (χ1) is 38.2. The van der Waals surface area contributed by atoms with Gasteiger partial charge in [-0.2, -0.15) is 0 Å². The van der Waals surface area contributed by atoms with E-state index in [0.29, 0.717) is 0 Å². The first-order valence-corrected chi connectivity index (χ1v) is 26.6. The Labute approximate surface area is 449 Å². The lowest BCUT2D eigenvalue weighted by atomic mass is 9.66. The molecule has 0 radical (unpaired) electrons. The Hall–Kier alpha value is -10.0. The van der Waals surface area contributed by atoms with Crippen LogP contribution in [0.15, 0.2) is 297 Å². The minimum absolute atomic E-state index is 0.544. The predicted molar refractivity (Wildman–Crippen MR) is 321 cm³/mol. The summed E-state index contributed by atoms with van der Waals surface area (Å²) in [5.41, 5.74) is 21.8. The highest BCUT2D eigenvalue weighted by Crippen LogP contribution is 2.62. The van der Waals surface area contributed by atoms with E-state index in [0.717, 1.165) is 61.9 Å². The van der Waals surface area contributed by atoms with Gasteiger partial charge in [0, 0.05) is 28.1 Å². The number of hydrogen-bond acceptors (Lipinski definition) is 2. The van der Waals surface area contributed by atoms with Crippen LogP contribution in [0, 0.1) is 0 Å². The van der Waals surface area contributed by atoms with E-state index in [4.69, 9.17) is 4.74 Å². The third-order valence-electron chi connectivity index (χ3n) is 16.2. The van der Waals surface area contributed by atoms with Crippen molar-refractivity contribution >= 4 is 38.6 Å². The summed E-state index contributed by atoms with van der Waals surface area (Å²) in [5, 5.41) is 5.03. The van der Waals surface area contributed by atoms with Crippen LogP contribution in [-0.2, 0) is 5.41 Å². The van der Waals surface area contributed by atoms with Crippen molar-refractivity contribution in [1.82, 2.24) is 0 Å². The van der Waals surface area contributed by atoms with Gasteiger partial charge in [0.15, 0.2) is 0 Å². The molecule has 0 amide bonds. The molecular weight excluding hydrogens is 931 g/mol. The summed E-state index contributed by atoms with van der Waals surface area (Å²) in [6.07, 6.45) is 0. The Bertz CT molecular complexity index is 4370. The topological polar surface area (TPSA) is 12.5 Å². The van der Waals surface area contributed by atoms with Crippen molar-refractivity contribution in [3.8, 4) is 78.3 Å². The lowest BCUT2D eigenvalue weighted by Gasteiger charge is -2.39. The lowest BCUT2D eigenvalue weighted by Crippen LogP contribution is -2.32. The van der Waals surface area contributed by atoms with E-state index in [1.54, 1.807) is 0 Å². The van der Waals surface area contributed by atoms with Gasteiger partial charge in [-0.05, 0) is 142 Å². The Balaban J connectivity index is 0.880. The fraction of sp³-hybridized carbons (Fsp3) is 0.0133. The maximum Gasteiger partial charge on any atom is 0.132 e. The first kappa shape index (κ1) is 44.5. The number of fused-ring (bicyclic) bond motifs is 12. The molecule has 0 aromatic heterocycles. The number of anilines is 3. The van der Waals surface area contributed by atoms with Crippen LogP contribution < -0.4 is 9.64 Å². The molecule has 0 saturated carbocycles. The Morgan fingerprint density at radius 2 is 0.727 bits per heavy atom. The molecule has 1 aliphatic carbocycles. The van der Waals surface area contributed by atoms with E-state index in [9.17, 15) is 0 Å². The molecule has 15 rings (SSSR count). The van der Waals surface area contributed by atoms with Crippen molar-refractivity contribution in [3.63, 3.8) is 0 Å². The fourth-order valence-electron chi connectivity index (χ4n) is 12.8. The standard InChI is InChI=1S/C75H49NO/c1-2-19-51(20-3-1)57-23-6-7-24-60(57)62-25-8-9-26-63(62)67-28-11-15-34-72(67)76(56-45-39-53(40-46-56)59-29-18-30-61-58-22-5-4-21-52(58)41-47-64(59)61)55-43-37-50(38-44-55)54-42-48-66-65-27-10-12-31-68(65)75(71(66)49-54)69-32-13-16-35-73(69)77-74-36-17-14-33-70(74)75/h1-49H. The Morgan fingerprint density at radius 1 is 0.247 bits per heavy atom. The second kappa shape index (κ2) is 18.1. The summed E-state index contributed by atoms with van der Waals surface area (Å²) in [6.45, 7) is 0. The molecule has 13 aromatic carbocycles. The van der Waals surface area contributed by atoms with E-state index in [-0.39, 0.29) is 0 Å². The monoisotopic (exact) mass is 979 g/mol. The second-order valence-corrected chi connectivity index (χ2v) is 20.2. The lowest BCUT2D eigenvalue weighted by molar-refractivity contribution is 0.436. The van der Waals surface area contributed by atoms with Crippen molar-refractivity contribution < 1.29 is 4.74 Å². The normalized spacial score (nSPS) is 12.6. The molecule has 1 heterocycles. The molecule has 360 valence electrons. The third-order valence-corrected chi connectivity index (χ3v) is 16.2. The molecule has 0 N–H and O–H groups in total. The first-order valence-electron chi connectivity index (χ1n) is 26.6. The maximum atomic E-state index is 6.66. The maximum absolute atomic E-state index is 6.66. The number of benzene rings is 13. The average Bonchev–Trinajstić information content (AvgIpc) is 4.04. The number of ether oxygens (including phenoxy) is 1. The SMILES string of the molecule is c1ccc(-c2ccccc2-c2ccccc2-c2ccccc2N(c2ccc(-c3ccc4c(c3)C3(c5ccccc5Oc5ccccc53)c3ccccc3-4)cc2)c2ccc(-c3cccc4c3ccc3ccccc34)cc2)cc1. The van der Waals surface area contributed by atoms with Crippen molar-refractivity contribution in [1.29, 1.82) is 0 Å². The summed E-state index contributed by atoms with van der Waals surface area (Å²) < 4.78 is 6.66. The molecule has 2 aliphatic rings. The van der Waals surface area contributed by atoms with Crippen LogP contribution in [0.1, 0.15) is 22.3 Å². The van der Waals surface area contributed by atoms with Gasteiger partial charge in [-0.25, -0.2) is 0 Å². The van der Waals surface area contributed by atoms with Gasteiger partial charge < -0.3 is 9.64 Å². The summed E-state index contributed by atoms with van der Waals surface area (Å²) in [4.78, 5) is 2.43. The van der Waals surface area contributed by atoms with Gasteiger partial charge in [0.05, 0.1) is 11.1 Å². The molecule has 0 saturated heterocycles. The van der Waals surface area contributed by atoms with E-state index in [1.165, 1.54) is 77.2 Å². The summed E-state index contributed by atoms with van der Waals surface area (Å²) in [6, 6.07) is 109. The van der Waals surface area contributed by atoms with Crippen molar-refractivity contribution in [2.75, 3.05) is 4.90 Å². The van der Waals surface area contributed by atoms with Crippen LogP contribution >= 0.6 is 0 Å². The molecule has 0 unspecified atom stereocenters. The highest BCUT2D eigenvalue weighted by Gasteiger charge is 2.51. The van der Waals surface area contributed by atoms with Gasteiger partial charge in [-0.15, -0.1) is 0 Å². The van der Waals surface area contributed by atoms with Crippen molar-refractivity contribution in [2.45, 2.75) is 5.41 Å². The van der Waals surface area contributed by atoms with Gasteiger partial charge in [0.2, 0.25) is 0 Å². The highest BCUT2D eigenvalue weighted by molar-refractivity contribution is 6.12. The molecule has 77 heavy (non-hydrogen) atoms. The van der Waals surface area contributed by atoms with E-state index in [1.807, 2.05) is 0 Å². The Kier molecular flexibility index (Phi) is 10.5. The zero-order chi connectivity index (χ0) is 50.9. The van der Waals surface area contributed by atoms with Crippen LogP contribution in [0.2, 0.25) is 0 Å². The summed E-state index contributed by atoms with van der Waals surface area (Å²) >= 11 is 0. The zero-order valence-electron chi connectivity index (χ0n) is 42.1. The number of para-hydroxylation sites is 3. The molecule has 1 aliphatic heterocycles. The van der Waals surface area contributed by atoms with Crippen molar-refractivity contribution in [3.05, 3.63) is 320 Å².